The molecule has 2 heterocycles. The third kappa shape index (κ3) is 2.71. The smallest absolute Gasteiger partial charge is 0.250 e. The number of hydrogen-bond donors (Lipinski definition) is 2. The van der Waals surface area contributed by atoms with Gasteiger partial charge in [-0.3, -0.25) is 5.10 Å². The van der Waals surface area contributed by atoms with Gasteiger partial charge in [0.1, 0.15) is 16.4 Å². The minimum atomic E-state index is -3.48. The summed E-state index contributed by atoms with van der Waals surface area (Å²) in [5, 5.41) is 6.31. The van der Waals surface area contributed by atoms with Gasteiger partial charge < -0.3 is 0 Å². The molecule has 0 spiro atoms. The zero-order valence-electron chi connectivity index (χ0n) is 9.34. The number of aromatic amines is 1. The minimum Gasteiger partial charge on any atom is -0.262 e. The normalized spacial score (nSPS) is 13.8. The number of nitrogens with one attached hydrogen (secondary N) is 2. The quantitative estimate of drug-likeness (QED) is 0.875. The van der Waals surface area contributed by atoms with Crippen molar-refractivity contribution in [2.45, 2.75) is 24.1 Å². The standard InChI is InChI=1S/C9H12N4O2S2/c1-6-3-4-8(16-6)17(14,15)13-7(2)9-10-5-11-12-9/h3-5,7,13H,1-2H3,(H,10,11,12). The fraction of sp³-hybridized carbons (Fsp3) is 0.333. The van der Waals surface area contributed by atoms with E-state index in [1.807, 2.05) is 6.92 Å². The van der Waals surface area contributed by atoms with Crippen LogP contribution in [0, 0.1) is 6.92 Å². The molecular weight excluding hydrogens is 260 g/mol. The predicted molar refractivity (Wildman–Crippen MR) is 64.2 cm³/mol. The molecule has 0 aliphatic carbocycles. The molecule has 8 heteroatoms. The average Bonchev–Trinajstić information content (AvgIpc) is 2.86. The first kappa shape index (κ1) is 12.2. The van der Waals surface area contributed by atoms with Crippen LogP contribution in [0.4, 0.5) is 0 Å². The number of aryl methyl sites for hydroxylation is 1. The monoisotopic (exact) mass is 272 g/mol. The lowest BCUT2D eigenvalue weighted by atomic mass is 10.3. The topological polar surface area (TPSA) is 87.7 Å². The largest absolute Gasteiger partial charge is 0.262 e. The third-order valence-corrected chi connectivity index (χ3v) is 5.19. The molecule has 0 radical (unpaired) electrons. The second-order valence-electron chi connectivity index (χ2n) is 3.58. The first-order valence-corrected chi connectivity index (χ1v) is 7.23. The van der Waals surface area contributed by atoms with E-state index in [0.717, 1.165) is 4.88 Å². The number of H-pyrrole nitrogens is 1. The van der Waals surface area contributed by atoms with Crippen molar-refractivity contribution in [2.75, 3.05) is 0 Å². The van der Waals surface area contributed by atoms with Crippen LogP contribution in [0.25, 0.3) is 0 Å². The van der Waals surface area contributed by atoms with Crippen LogP contribution in [-0.4, -0.2) is 23.6 Å². The van der Waals surface area contributed by atoms with Crippen LogP contribution < -0.4 is 4.72 Å². The Balaban J connectivity index is 2.18. The maximum Gasteiger partial charge on any atom is 0.250 e. The van der Waals surface area contributed by atoms with Gasteiger partial charge in [0.2, 0.25) is 0 Å². The van der Waals surface area contributed by atoms with Crippen LogP contribution in [0.2, 0.25) is 0 Å². The molecule has 2 aromatic heterocycles. The molecule has 2 aromatic rings. The van der Waals surface area contributed by atoms with Crippen LogP contribution in [-0.2, 0) is 10.0 Å². The van der Waals surface area contributed by atoms with Crippen molar-refractivity contribution in [2.24, 2.45) is 0 Å². The molecule has 0 aromatic carbocycles. The van der Waals surface area contributed by atoms with E-state index in [4.69, 9.17) is 0 Å². The number of nitrogens with zero attached hydrogens (tertiary/aromatic N) is 2. The fourth-order valence-corrected chi connectivity index (χ4v) is 3.83. The van der Waals surface area contributed by atoms with E-state index < -0.39 is 16.1 Å². The summed E-state index contributed by atoms with van der Waals surface area (Å²) in [6.07, 6.45) is 1.34. The molecule has 17 heavy (non-hydrogen) atoms. The van der Waals surface area contributed by atoms with Gasteiger partial charge in [-0.05, 0) is 26.0 Å². The van der Waals surface area contributed by atoms with Crippen molar-refractivity contribution >= 4 is 21.4 Å². The Morgan fingerprint density at radius 2 is 2.24 bits per heavy atom. The number of aromatic nitrogens is 3. The summed E-state index contributed by atoms with van der Waals surface area (Å²) >= 11 is 1.24. The van der Waals surface area contributed by atoms with Crippen molar-refractivity contribution < 1.29 is 8.42 Å². The molecule has 0 aliphatic heterocycles. The van der Waals surface area contributed by atoms with E-state index in [2.05, 4.69) is 19.9 Å². The lowest BCUT2D eigenvalue weighted by molar-refractivity contribution is 0.562. The van der Waals surface area contributed by atoms with E-state index in [-0.39, 0.29) is 0 Å². The molecule has 2 N–H and O–H groups in total. The van der Waals surface area contributed by atoms with Crippen LogP contribution in [0.3, 0.4) is 0 Å². The van der Waals surface area contributed by atoms with Gasteiger partial charge in [-0.1, -0.05) is 0 Å². The Labute approximate surface area is 103 Å². The summed E-state index contributed by atoms with van der Waals surface area (Å²) in [5.74, 6) is 0.488. The second-order valence-corrected chi connectivity index (χ2v) is 6.81. The van der Waals surface area contributed by atoms with Crippen LogP contribution in [0.15, 0.2) is 22.7 Å². The first-order chi connectivity index (χ1) is 7.99. The average molecular weight is 272 g/mol. The number of rotatable bonds is 4. The van der Waals surface area contributed by atoms with Crippen molar-refractivity contribution in [1.29, 1.82) is 0 Å². The summed E-state index contributed by atoms with van der Waals surface area (Å²) < 4.78 is 26.8. The summed E-state index contributed by atoms with van der Waals surface area (Å²) in [6, 6.07) is 2.93. The van der Waals surface area contributed by atoms with E-state index >= 15 is 0 Å². The van der Waals surface area contributed by atoms with E-state index in [1.165, 1.54) is 17.7 Å². The summed E-state index contributed by atoms with van der Waals surface area (Å²) in [5.41, 5.74) is 0. The first-order valence-electron chi connectivity index (χ1n) is 4.93. The summed E-state index contributed by atoms with van der Waals surface area (Å²) in [6.45, 7) is 3.57. The molecular formula is C9H12N4O2S2. The Morgan fingerprint density at radius 3 is 2.76 bits per heavy atom. The van der Waals surface area contributed by atoms with Crippen molar-refractivity contribution in [3.05, 3.63) is 29.2 Å². The molecule has 0 amide bonds. The van der Waals surface area contributed by atoms with Crippen molar-refractivity contribution in [1.82, 2.24) is 19.9 Å². The van der Waals surface area contributed by atoms with Gasteiger partial charge in [-0.25, -0.2) is 18.1 Å². The molecule has 0 aliphatic rings. The number of sulfonamides is 1. The number of hydrogen-bond acceptors (Lipinski definition) is 5. The van der Waals surface area contributed by atoms with E-state index in [0.29, 0.717) is 10.0 Å². The lowest BCUT2D eigenvalue weighted by Crippen LogP contribution is -2.26. The molecule has 0 bridgehead atoms. The van der Waals surface area contributed by atoms with E-state index in [9.17, 15) is 8.42 Å². The SMILES string of the molecule is Cc1ccc(S(=O)(=O)NC(C)c2ncn[nH]2)s1. The maximum atomic E-state index is 12.0. The Kier molecular flexibility index (Phi) is 3.27. The zero-order chi connectivity index (χ0) is 12.5. The third-order valence-electron chi connectivity index (χ3n) is 2.16. The maximum absolute atomic E-state index is 12.0. The van der Waals surface area contributed by atoms with Gasteiger partial charge in [-0.2, -0.15) is 5.10 Å². The van der Waals surface area contributed by atoms with Crippen LogP contribution >= 0.6 is 11.3 Å². The molecule has 6 nitrogen and oxygen atoms in total. The highest BCUT2D eigenvalue weighted by Gasteiger charge is 2.21. The lowest BCUT2D eigenvalue weighted by Gasteiger charge is -2.10. The second kappa shape index (κ2) is 4.55. The highest BCUT2D eigenvalue weighted by Crippen LogP contribution is 2.22. The Morgan fingerprint density at radius 1 is 1.47 bits per heavy atom. The molecule has 0 fully saturated rings. The molecule has 2 rings (SSSR count). The van der Waals surface area contributed by atoms with Gasteiger partial charge in [0.15, 0.2) is 0 Å². The Hall–Kier alpha value is -1.25. The minimum absolute atomic E-state index is 0.307. The molecule has 0 saturated carbocycles. The molecule has 1 unspecified atom stereocenters. The Bertz CT molecular complexity index is 588. The van der Waals surface area contributed by atoms with Crippen LogP contribution in [0.5, 0.6) is 0 Å². The number of thiophene rings is 1. The summed E-state index contributed by atoms with van der Waals surface area (Å²) in [7, 11) is -3.48. The highest BCUT2D eigenvalue weighted by molar-refractivity contribution is 7.91. The molecule has 0 saturated heterocycles. The van der Waals surface area contributed by atoms with Gasteiger partial charge in [0, 0.05) is 4.88 Å². The van der Waals surface area contributed by atoms with Crippen molar-refractivity contribution in [3.63, 3.8) is 0 Å². The molecule has 1 atom stereocenters. The highest BCUT2D eigenvalue weighted by atomic mass is 32.2. The van der Waals surface area contributed by atoms with Gasteiger partial charge in [0.25, 0.3) is 10.0 Å². The van der Waals surface area contributed by atoms with Crippen molar-refractivity contribution in [3.8, 4) is 0 Å². The van der Waals surface area contributed by atoms with Crippen LogP contribution in [0.1, 0.15) is 23.7 Å². The fourth-order valence-electron chi connectivity index (χ4n) is 1.33. The van der Waals surface area contributed by atoms with Gasteiger partial charge in [-0.15, -0.1) is 11.3 Å². The summed E-state index contributed by atoms with van der Waals surface area (Å²) in [4.78, 5) is 4.87. The van der Waals surface area contributed by atoms with E-state index in [1.54, 1.807) is 19.1 Å². The molecule has 92 valence electrons. The zero-order valence-corrected chi connectivity index (χ0v) is 11.0. The predicted octanol–water partition coefficient (Wildman–Crippen LogP) is 1.21. The van der Waals surface area contributed by atoms with Gasteiger partial charge in [0.05, 0.1) is 6.04 Å². The van der Waals surface area contributed by atoms with Gasteiger partial charge >= 0.3 is 0 Å².